The Kier molecular flexibility index (Phi) is 7.83. The van der Waals surface area contributed by atoms with Crippen molar-refractivity contribution in [3.8, 4) is 11.4 Å². The molecule has 9 rings (SSSR count). The van der Waals surface area contributed by atoms with Gasteiger partial charge in [0.1, 0.15) is 11.5 Å². The number of imide groups is 1. The molecule has 3 amide bonds. The van der Waals surface area contributed by atoms with Gasteiger partial charge >= 0.3 is 0 Å². The summed E-state index contributed by atoms with van der Waals surface area (Å²) in [6.45, 7) is 11.6. The first kappa shape index (κ1) is 32.4. The summed E-state index contributed by atoms with van der Waals surface area (Å²) in [5.41, 5.74) is 7.74. The Hall–Kier alpha value is -4.51. The molecule has 1 unspecified atom stereocenters. The van der Waals surface area contributed by atoms with Crippen molar-refractivity contribution in [1.82, 2.24) is 35.3 Å². The first-order valence-corrected chi connectivity index (χ1v) is 18.9. The number of nitrogens with zero attached hydrogens (tertiary/aromatic N) is 5. The van der Waals surface area contributed by atoms with Crippen LogP contribution in [0.25, 0.3) is 22.3 Å². The maximum absolute atomic E-state index is 13.6. The van der Waals surface area contributed by atoms with Crippen molar-refractivity contribution in [2.45, 2.75) is 71.1 Å². The van der Waals surface area contributed by atoms with Crippen LogP contribution < -0.4 is 10.2 Å². The highest BCUT2D eigenvalue weighted by Gasteiger charge is 2.49. The molecule has 3 N–H and O–H groups in total. The van der Waals surface area contributed by atoms with Gasteiger partial charge in [-0.2, -0.15) is 5.10 Å². The summed E-state index contributed by atoms with van der Waals surface area (Å²) in [5.74, 6) is 1.04. The Morgan fingerprint density at radius 1 is 0.961 bits per heavy atom. The van der Waals surface area contributed by atoms with Crippen LogP contribution in [-0.2, 0) is 22.4 Å². The number of hydrogen-bond acceptors (Lipinski definition) is 7. The van der Waals surface area contributed by atoms with Gasteiger partial charge in [0.2, 0.25) is 11.8 Å². The summed E-state index contributed by atoms with van der Waals surface area (Å²) in [7, 11) is 0. The van der Waals surface area contributed by atoms with Gasteiger partial charge in [0.15, 0.2) is 0 Å². The van der Waals surface area contributed by atoms with Crippen molar-refractivity contribution >= 4 is 34.4 Å². The minimum atomic E-state index is -0.297. The third-order valence-electron chi connectivity index (χ3n) is 12.5. The second-order valence-electron chi connectivity index (χ2n) is 16.9. The van der Waals surface area contributed by atoms with Crippen LogP contribution in [0.5, 0.6) is 0 Å². The zero-order chi connectivity index (χ0) is 34.9. The van der Waals surface area contributed by atoms with Crippen LogP contribution in [0.1, 0.15) is 85.5 Å². The molecule has 0 bridgehead atoms. The highest BCUT2D eigenvalue weighted by molar-refractivity contribution is 6.01. The molecule has 5 aliphatic rings. The third kappa shape index (κ3) is 6.13. The van der Waals surface area contributed by atoms with E-state index in [1.165, 1.54) is 11.3 Å². The molecule has 7 heterocycles. The molecule has 4 fully saturated rings. The van der Waals surface area contributed by atoms with Crippen molar-refractivity contribution in [2.24, 2.45) is 16.7 Å². The number of anilines is 1. The lowest BCUT2D eigenvalue weighted by Gasteiger charge is -2.48. The minimum absolute atomic E-state index is 0.127. The van der Waals surface area contributed by atoms with Gasteiger partial charge in [-0.15, -0.1) is 0 Å². The second-order valence-corrected chi connectivity index (χ2v) is 16.9. The van der Waals surface area contributed by atoms with Crippen molar-refractivity contribution < 1.29 is 14.4 Å². The van der Waals surface area contributed by atoms with Gasteiger partial charge < -0.3 is 19.7 Å². The molecule has 4 saturated heterocycles. The summed E-state index contributed by atoms with van der Waals surface area (Å²) in [6.07, 6.45) is 9.36. The predicted molar refractivity (Wildman–Crippen MR) is 195 cm³/mol. The van der Waals surface area contributed by atoms with Crippen LogP contribution in [0.15, 0.2) is 42.6 Å². The van der Waals surface area contributed by atoms with Crippen LogP contribution in [0.4, 0.5) is 5.82 Å². The Labute approximate surface area is 298 Å². The van der Waals surface area contributed by atoms with Gasteiger partial charge in [-0.1, -0.05) is 26.0 Å². The maximum atomic E-state index is 13.6. The van der Waals surface area contributed by atoms with Crippen LogP contribution in [-0.4, -0.2) is 93.5 Å². The number of nitrogens with one attached hydrogen (secondary N) is 3. The molecule has 3 aromatic heterocycles. The molecule has 0 radical (unpaired) electrons. The quantitative estimate of drug-likeness (QED) is 0.242. The van der Waals surface area contributed by atoms with E-state index in [1.807, 2.05) is 29.2 Å². The Balaban J connectivity index is 0.759. The second kappa shape index (κ2) is 12.3. The molecular weight excluding hydrogens is 640 g/mol. The van der Waals surface area contributed by atoms with Crippen molar-refractivity contribution in [3.63, 3.8) is 0 Å². The SMILES string of the molecule is CC1(C)CCc2c(-c3cc4ccc(C(=O)N5CC6(CCN(CC7CCN(c8ccc(C9CCC(=O)NC9=O)cn8)CC7)C6)C5)cc4[nH]3)n[nH]c2C1. The first-order valence-electron chi connectivity index (χ1n) is 18.9. The minimum Gasteiger partial charge on any atom is -0.357 e. The highest BCUT2D eigenvalue weighted by Crippen LogP contribution is 2.42. The monoisotopic (exact) mass is 688 g/mol. The number of likely N-dealkylation sites (tertiary alicyclic amines) is 2. The molecular formula is C40H48N8O3. The fourth-order valence-corrected chi connectivity index (χ4v) is 9.50. The molecule has 51 heavy (non-hydrogen) atoms. The fraction of sp³-hybridized carbons (Fsp3) is 0.525. The molecule has 4 aromatic rings. The lowest BCUT2D eigenvalue weighted by atomic mass is 9.76. The van der Waals surface area contributed by atoms with E-state index in [0.29, 0.717) is 24.2 Å². The number of benzene rings is 1. The number of fused-ring (bicyclic) bond motifs is 2. The number of amides is 3. The van der Waals surface area contributed by atoms with Gasteiger partial charge in [0, 0.05) is 85.0 Å². The molecule has 1 spiro atoms. The smallest absolute Gasteiger partial charge is 0.253 e. The van der Waals surface area contributed by atoms with E-state index in [4.69, 9.17) is 10.1 Å². The molecule has 11 nitrogen and oxygen atoms in total. The van der Waals surface area contributed by atoms with Crippen LogP contribution in [0, 0.1) is 16.7 Å². The van der Waals surface area contributed by atoms with E-state index in [0.717, 1.165) is 124 Å². The number of aromatic nitrogens is 4. The highest BCUT2D eigenvalue weighted by atomic mass is 16.2. The topological polar surface area (TPSA) is 130 Å². The zero-order valence-electron chi connectivity index (χ0n) is 29.8. The van der Waals surface area contributed by atoms with Crippen molar-refractivity contribution in [2.75, 3.05) is 50.7 Å². The molecule has 11 heteroatoms. The van der Waals surface area contributed by atoms with Crippen molar-refractivity contribution in [1.29, 1.82) is 0 Å². The van der Waals surface area contributed by atoms with Crippen LogP contribution in [0.2, 0.25) is 0 Å². The van der Waals surface area contributed by atoms with Crippen LogP contribution >= 0.6 is 0 Å². The van der Waals surface area contributed by atoms with E-state index in [2.05, 4.69) is 51.2 Å². The van der Waals surface area contributed by atoms with E-state index in [1.54, 1.807) is 6.20 Å². The number of hydrogen-bond donors (Lipinski definition) is 3. The van der Waals surface area contributed by atoms with E-state index < -0.39 is 0 Å². The number of carbonyl (C=O) groups excluding carboxylic acids is 3. The Bertz CT molecular complexity index is 2000. The Morgan fingerprint density at radius 2 is 1.80 bits per heavy atom. The normalized spacial score (nSPS) is 23.5. The predicted octanol–water partition coefficient (Wildman–Crippen LogP) is 5.05. The number of pyridine rings is 1. The Morgan fingerprint density at radius 3 is 2.59 bits per heavy atom. The zero-order valence-corrected chi connectivity index (χ0v) is 29.8. The van der Waals surface area contributed by atoms with Gasteiger partial charge in [0.05, 0.1) is 11.6 Å². The third-order valence-corrected chi connectivity index (χ3v) is 12.5. The van der Waals surface area contributed by atoms with Crippen LogP contribution in [0.3, 0.4) is 0 Å². The number of rotatable bonds is 6. The van der Waals surface area contributed by atoms with Crippen molar-refractivity contribution in [3.05, 3.63) is 65.0 Å². The summed E-state index contributed by atoms with van der Waals surface area (Å²) in [5, 5.41) is 11.5. The van der Waals surface area contributed by atoms with E-state index >= 15 is 0 Å². The summed E-state index contributed by atoms with van der Waals surface area (Å²) < 4.78 is 0. The number of H-pyrrole nitrogens is 2. The summed E-state index contributed by atoms with van der Waals surface area (Å²) in [6, 6.07) is 12.2. The summed E-state index contributed by atoms with van der Waals surface area (Å²) in [4.78, 5) is 52.7. The van der Waals surface area contributed by atoms with Gasteiger partial charge in [0.25, 0.3) is 5.91 Å². The standard InChI is InChI=1S/C40H48N8O3/c1-39(2)12-9-30-33(19-39)44-45-36(30)32-17-26-3-4-27(18-31(26)42-32)38(51)48-23-40(24-48)13-16-46(22-40)21-25-10-14-47(15-11-25)34-7-5-28(20-41-34)29-6-8-35(49)43-37(29)50/h3-5,7,17-18,20,25,29,42H,6,8-16,19,21-24H2,1-2H3,(H,44,45)(H,43,49,50). The largest absolute Gasteiger partial charge is 0.357 e. The average Bonchev–Trinajstić information content (AvgIpc) is 3.84. The molecule has 0 saturated carbocycles. The lowest BCUT2D eigenvalue weighted by molar-refractivity contribution is -0.134. The van der Waals surface area contributed by atoms with Gasteiger partial charge in [-0.3, -0.25) is 24.8 Å². The molecule has 266 valence electrons. The molecule has 4 aliphatic heterocycles. The number of carbonyl (C=O) groups is 3. The van der Waals surface area contributed by atoms with E-state index in [9.17, 15) is 14.4 Å². The summed E-state index contributed by atoms with van der Waals surface area (Å²) >= 11 is 0. The molecule has 1 atom stereocenters. The van der Waals surface area contributed by atoms with E-state index in [-0.39, 0.29) is 29.1 Å². The molecule has 1 aromatic carbocycles. The molecule has 1 aliphatic carbocycles. The van der Waals surface area contributed by atoms with Gasteiger partial charge in [-0.05, 0) is 92.7 Å². The first-order chi connectivity index (χ1) is 24.6. The average molecular weight is 689 g/mol. The van der Waals surface area contributed by atoms with Gasteiger partial charge in [-0.25, -0.2) is 4.98 Å². The number of piperidine rings is 2. The number of aromatic amines is 2. The fourth-order valence-electron chi connectivity index (χ4n) is 9.50. The maximum Gasteiger partial charge on any atom is 0.253 e. The lowest BCUT2D eigenvalue weighted by Crippen LogP contribution is -2.59.